The first-order valence-electron chi connectivity index (χ1n) is 11.2. The van der Waals surface area contributed by atoms with Crippen molar-refractivity contribution >= 4 is 18.0 Å². The molecule has 7 nitrogen and oxygen atoms in total. The molecule has 176 valence electrons. The van der Waals surface area contributed by atoms with Crippen molar-refractivity contribution < 1.29 is 24.2 Å². The van der Waals surface area contributed by atoms with E-state index < -0.39 is 29.6 Å². The van der Waals surface area contributed by atoms with Crippen LogP contribution in [0.2, 0.25) is 0 Å². The average Bonchev–Trinajstić information content (AvgIpc) is 3.04. The maximum absolute atomic E-state index is 12.7. The van der Waals surface area contributed by atoms with Gasteiger partial charge in [-0.15, -0.1) is 0 Å². The van der Waals surface area contributed by atoms with Crippen LogP contribution in [0.4, 0.5) is 4.79 Å². The van der Waals surface area contributed by atoms with Crippen molar-refractivity contribution in [3.63, 3.8) is 0 Å². The van der Waals surface area contributed by atoms with Crippen molar-refractivity contribution in [3.05, 3.63) is 59.7 Å². The van der Waals surface area contributed by atoms with Crippen molar-refractivity contribution in [3.8, 4) is 11.1 Å². The van der Waals surface area contributed by atoms with E-state index in [1.54, 1.807) is 6.92 Å². The van der Waals surface area contributed by atoms with Gasteiger partial charge < -0.3 is 20.5 Å². The minimum absolute atomic E-state index is 0.0255. The van der Waals surface area contributed by atoms with E-state index in [1.165, 1.54) is 0 Å². The van der Waals surface area contributed by atoms with Gasteiger partial charge in [-0.05, 0) is 34.6 Å². The highest BCUT2D eigenvalue weighted by Crippen LogP contribution is 2.44. The molecule has 0 heterocycles. The summed E-state index contributed by atoms with van der Waals surface area (Å²) < 4.78 is 5.62. The van der Waals surface area contributed by atoms with Gasteiger partial charge in [0.25, 0.3) is 0 Å². The summed E-state index contributed by atoms with van der Waals surface area (Å²) in [6.07, 6.45) is -0.716. The molecule has 0 fully saturated rings. The number of aliphatic carboxylic acids is 1. The molecule has 1 unspecified atom stereocenters. The molecular formula is C26H32N2O5. The molecule has 0 bridgehead atoms. The van der Waals surface area contributed by atoms with E-state index in [-0.39, 0.29) is 31.3 Å². The van der Waals surface area contributed by atoms with Gasteiger partial charge in [0, 0.05) is 24.4 Å². The van der Waals surface area contributed by atoms with Gasteiger partial charge in [0.05, 0.1) is 6.42 Å². The average molecular weight is 453 g/mol. The van der Waals surface area contributed by atoms with Gasteiger partial charge in [0.2, 0.25) is 5.91 Å². The predicted molar refractivity (Wildman–Crippen MR) is 126 cm³/mol. The van der Waals surface area contributed by atoms with Gasteiger partial charge in [-0.2, -0.15) is 0 Å². The Hall–Kier alpha value is -3.35. The quantitative estimate of drug-likeness (QED) is 0.554. The molecule has 7 heteroatoms. The third-order valence-corrected chi connectivity index (χ3v) is 5.96. The van der Waals surface area contributed by atoms with Crippen molar-refractivity contribution in [2.45, 2.75) is 58.5 Å². The Kier molecular flexibility index (Phi) is 7.41. The molecule has 0 spiro atoms. The maximum Gasteiger partial charge on any atom is 0.407 e. The molecule has 1 aliphatic rings. The number of carboxylic acid groups (broad SMARTS) is 1. The molecule has 3 N–H and O–H groups in total. The van der Waals surface area contributed by atoms with Crippen LogP contribution in [0.15, 0.2) is 48.5 Å². The molecule has 2 aromatic carbocycles. The third-order valence-electron chi connectivity index (χ3n) is 5.96. The Morgan fingerprint density at radius 2 is 1.48 bits per heavy atom. The van der Waals surface area contributed by atoms with Crippen LogP contribution in [0.25, 0.3) is 11.1 Å². The lowest BCUT2D eigenvalue weighted by Crippen LogP contribution is -2.48. The normalized spacial score (nSPS) is 14.5. The second-order valence-electron chi connectivity index (χ2n) is 9.66. The molecule has 0 aromatic heterocycles. The zero-order chi connectivity index (χ0) is 24.2. The van der Waals surface area contributed by atoms with Gasteiger partial charge in [-0.3, -0.25) is 9.59 Å². The number of nitrogens with one attached hydrogen (secondary N) is 2. The largest absolute Gasteiger partial charge is 0.481 e. The number of carbonyl (C=O) groups excluding carboxylic acids is 2. The minimum atomic E-state index is -0.980. The highest BCUT2D eigenvalue weighted by Gasteiger charge is 2.32. The van der Waals surface area contributed by atoms with Gasteiger partial charge in [0.1, 0.15) is 6.61 Å². The summed E-state index contributed by atoms with van der Waals surface area (Å²) in [7, 11) is 0. The first kappa shape index (κ1) is 24.3. The Labute approximate surface area is 194 Å². The van der Waals surface area contributed by atoms with E-state index in [1.807, 2.05) is 45.0 Å². The molecule has 33 heavy (non-hydrogen) atoms. The number of fused-ring (bicyclic) bond motifs is 3. The number of alkyl carbamates (subject to hydrolysis) is 1. The van der Waals surface area contributed by atoms with Crippen LogP contribution in [0.1, 0.15) is 57.6 Å². The second kappa shape index (κ2) is 10.1. The minimum Gasteiger partial charge on any atom is -0.481 e. The molecule has 2 atom stereocenters. The molecular weight excluding hydrogens is 420 g/mol. The molecule has 0 radical (unpaired) electrons. The standard InChI is InChI=1S/C26H32N2O5/c1-16(13-24(30)31)27-23(29)14-22(26(2,3)4)28-25(32)33-15-21-19-11-7-5-9-17(19)18-10-6-8-12-20(18)21/h5-12,16,21-22H,13-15H2,1-4H3,(H,27,29)(H,28,32)(H,30,31)/t16-,22?/m0/s1. The van der Waals surface area contributed by atoms with Crippen LogP contribution in [-0.2, 0) is 14.3 Å². The topological polar surface area (TPSA) is 105 Å². The Morgan fingerprint density at radius 1 is 0.939 bits per heavy atom. The molecule has 3 rings (SSSR count). The summed E-state index contributed by atoms with van der Waals surface area (Å²) in [5, 5.41) is 14.4. The number of hydrogen-bond acceptors (Lipinski definition) is 4. The first-order valence-corrected chi connectivity index (χ1v) is 11.2. The number of ether oxygens (including phenoxy) is 1. The number of rotatable bonds is 8. The van der Waals surface area contributed by atoms with Gasteiger partial charge in [-0.25, -0.2) is 4.79 Å². The van der Waals surface area contributed by atoms with Crippen LogP contribution in [0.3, 0.4) is 0 Å². The van der Waals surface area contributed by atoms with E-state index in [0.717, 1.165) is 22.3 Å². The Balaban J connectivity index is 1.62. The highest BCUT2D eigenvalue weighted by atomic mass is 16.5. The number of carboxylic acids is 1. The van der Waals surface area contributed by atoms with Crippen LogP contribution in [0.5, 0.6) is 0 Å². The monoisotopic (exact) mass is 452 g/mol. The Bertz CT molecular complexity index is 982. The number of hydrogen-bond donors (Lipinski definition) is 3. The summed E-state index contributed by atoms with van der Waals surface area (Å²) in [4.78, 5) is 35.9. The third kappa shape index (κ3) is 6.12. The van der Waals surface area contributed by atoms with Gasteiger partial charge in [0.15, 0.2) is 0 Å². The highest BCUT2D eigenvalue weighted by molar-refractivity contribution is 5.80. The summed E-state index contributed by atoms with van der Waals surface area (Å²) >= 11 is 0. The van der Waals surface area contributed by atoms with Crippen molar-refractivity contribution in [2.75, 3.05) is 6.61 Å². The second-order valence-corrected chi connectivity index (χ2v) is 9.66. The van der Waals surface area contributed by atoms with E-state index >= 15 is 0 Å². The summed E-state index contributed by atoms with van der Waals surface area (Å²) in [6.45, 7) is 7.61. The number of amides is 2. The van der Waals surface area contributed by atoms with Crippen LogP contribution >= 0.6 is 0 Å². The SMILES string of the molecule is C[C@@H](CC(=O)O)NC(=O)CC(NC(=O)OCC1c2ccccc2-c2ccccc21)C(C)(C)C. The maximum atomic E-state index is 12.7. The van der Waals surface area contributed by atoms with Crippen LogP contribution < -0.4 is 10.6 Å². The van der Waals surface area contributed by atoms with Crippen LogP contribution in [-0.4, -0.2) is 41.8 Å². The van der Waals surface area contributed by atoms with E-state index in [0.29, 0.717) is 0 Å². The molecule has 0 saturated carbocycles. The van der Waals surface area contributed by atoms with Crippen molar-refractivity contribution in [1.82, 2.24) is 10.6 Å². The zero-order valence-corrected chi connectivity index (χ0v) is 19.6. The van der Waals surface area contributed by atoms with E-state index in [9.17, 15) is 14.4 Å². The Morgan fingerprint density at radius 3 is 2.00 bits per heavy atom. The lowest BCUT2D eigenvalue weighted by molar-refractivity contribution is -0.137. The molecule has 2 amide bonds. The van der Waals surface area contributed by atoms with E-state index in [4.69, 9.17) is 9.84 Å². The summed E-state index contributed by atoms with van der Waals surface area (Å²) in [6, 6.07) is 15.3. The fourth-order valence-electron chi connectivity index (χ4n) is 4.19. The van der Waals surface area contributed by atoms with Crippen LogP contribution in [0, 0.1) is 5.41 Å². The van der Waals surface area contributed by atoms with Crippen molar-refractivity contribution in [1.29, 1.82) is 0 Å². The summed E-state index contributed by atoms with van der Waals surface area (Å²) in [5.41, 5.74) is 4.17. The fourth-order valence-corrected chi connectivity index (χ4v) is 4.19. The number of carbonyl (C=O) groups is 3. The molecule has 0 aliphatic heterocycles. The molecule has 1 aliphatic carbocycles. The molecule has 2 aromatic rings. The molecule has 0 saturated heterocycles. The van der Waals surface area contributed by atoms with Gasteiger partial charge >= 0.3 is 12.1 Å². The summed E-state index contributed by atoms with van der Waals surface area (Å²) in [5.74, 6) is -1.34. The first-order chi connectivity index (χ1) is 15.6. The van der Waals surface area contributed by atoms with Crippen molar-refractivity contribution in [2.24, 2.45) is 5.41 Å². The van der Waals surface area contributed by atoms with E-state index in [2.05, 4.69) is 34.9 Å². The van der Waals surface area contributed by atoms with Gasteiger partial charge in [-0.1, -0.05) is 69.3 Å². The predicted octanol–water partition coefficient (Wildman–Crippen LogP) is 4.31. The smallest absolute Gasteiger partial charge is 0.407 e. The number of benzene rings is 2. The lowest BCUT2D eigenvalue weighted by atomic mass is 9.84. The zero-order valence-electron chi connectivity index (χ0n) is 19.6. The fraction of sp³-hybridized carbons (Fsp3) is 0.423. The lowest BCUT2D eigenvalue weighted by Gasteiger charge is -2.31.